The predicted molar refractivity (Wildman–Crippen MR) is 120 cm³/mol. The number of nitrogens with zero attached hydrogens (tertiary/aromatic N) is 3. The van der Waals surface area contributed by atoms with E-state index in [2.05, 4.69) is 0 Å². The number of ether oxygens (including phenoxy) is 1. The number of carbonyl (C=O) groups is 2. The van der Waals surface area contributed by atoms with Crippen molar-refractivity contribution in [3.8, 4) is 0 Å². The molecule has 3 rings (SSSR count). The van der Waals surface area contributed by atoms with Crippen LogP contribution in [0.25, 0.3) is 0 Å². The van der Waals surface area contributed by atoms with Crippen molar-refractivity contribution < 1.29 is 45.4 Å². The maximum Gasteiger partial charge on any atom is 0.409 e. The van der Waals surface area contributed by atoms with Gasteiger partial charge < -0.3 is 24.6 Å². The van der Waals surface area contributed by atoms with E-state index in [1.807, 2.05) is 5.32 Å². The van der Waals surface area contributed by atoms with Gasteiger partial charge in [0.15, 0.2) is 23.3 Å². The quantitative estimate of drug-likeness (QED) is 0.270. The number of aryl methyl sites for hydroxylation is 1. The van der Waals surface area contributed by atoms with Crippen molar-refractivity contribution in [3.63, 3.8) is 0 Å². The summed E-state index contributed by atoms with van der Waals surface area (Å²) in [4.78, 5) is 26.1. The maximum absolute atomic E-state index is 15.5. The van der Waals surface area contributed by atoms with Gasteiger partial charge in [-0.15, -0.1) is 0 Å². The standard InChI is InChI=1S/C21H24F4N4O6S/c1-3-35-21(32)28-8-11(4-5-30)15(10-28)29(36(33)34)16-9-27(2)19(18(16)25)20(31)26-12-6-13(22)17(24)14(23)7-12/h6-7,9,11,15,30,36H,3-5,8,10H2,1-2H3,(H,26,31). The minimum atomic E-state index is -3.48. The number of halogens is 4. The predicted octanol–water partition coefficient (Wildman–Crippen LogP) is 2.01. The van der Waals surface area contributed by atoms with Crippen LogP contribution in [0, 0.1) is 29.2 Å². The zero-order valence-corrected chi connectivity index (χ0v) is 20.1. The van der Waals surface area contributed by atoms with Gasteiger partial charge in [-0.05, 0) is 13.3 Å². The van der Waals surface area contributed by atoms with E-state index in [9.17, 15) is 36.3 Å². The summed E-state index contributed by atoms with van der Waals surface area (Å²) in [5.41, 5.74) is -1.67. The molecule has 36 heavy (non-hydrogen) atoms. The molecule has 1 aliphatic heterocycles. The van der Waals surface area contributed by atoms with Crippen LogP contribution in [0.3, 0.4) is 0 Å². The van der Waals surface area contributed by atoms with Crippen LogP contribution in [-0.4, -0.2) is 67.3 Å². The van der Waals surface area contributed by atoms with Crippen molar-refractivity contribution in [2.24, 2.45) is 13.0 Å². The van der Waals surface area contributed by atoms with E-state index in [1.54, 1.807) is 6.92 Å². The third kappa shape index (κ3) is 5.41. The largest absolute Gasteiger partial charge is 0.450 e. The molecule has 10 nitrogen and oxygen atoms in total. The number of aromatic nitrogens is 1. The first kappa shape index (κ1) is 27.3. The zero-order chi connectivity index (χ0) is 26.7. The van der Waals surface area contributed by atoms with Gasteiger partial charge in [-0.25, -0.2) is 30.8 Å². The number of hydrogen-bond donors (Lipinski definition) is 3. The molecule has 0 radical (unpaired) electrons. The topological polar surface area (TPSA) is 121 Å². The molecule has 2 unspecified atom stereocenters. The molecule has 2 amide bonds. The molecule has 0 aliphatic carbocycles. The molecule has 1 aromatic heterocycles. The molecular weight excluding hydrogens is 512 g/mol. The third-order valence-corrected chi connectivity index (χ3v) is 6.59. The summed E-state index contributed by atoms with van der Waals surface area (Å²) >= 11 is 0. The van der Waals surface area contributed by atoms with E-state index in [0.717, 1.165) is 10.8 Å². The number of carbonyl (C=O) groups excluding carboxylic acids is 2. The first-order valence-electron chi connectivity index (χ1n) is 10.8. The second kappa shape index (κ2) is 11.2. The van der Waals surface area contributed by atoms with Crippen molar-refractivity contribution in [2.75, 3.05) is 35.9 Å². The number of rotatable bonds is 8. The Hall–Kier alpha value is -3.33. The summed E-state index contributed by atoms with van der Waals surface area (Å²) in [7, 11) is -2.24. The number of hydrogen-bond acceptors (Lipinski definition) is 6. The molecule has 2 atom stereocenters. The Morgan fingerprint density at radius 3 is 2.36 bits per heavy atom. The highest BCUT2D eigenvalue weighted by Gasteiger charge is 2.42. The minimum absolute atomic E-state index is 0.0488. The van der Waals surface area contributed by atoms with Gasteiger partial charge in [-0.3, -0.25) is 9.10 Å². The van der Waals surface area contributed by atoms with Crippen LogP contribution in [-0.2, 0) is 22.7 Å². The van der Waals surface area contributed by atoms with Crippen molar-refractivity contribution in [2.45, 2.75) is 19.4 Å². The van der Waals surface area contributed by atoms with Gasteiger partial charge in [0, 0.05) is 56.7 Å². The van der Waals surface area contributed by atoms with Crippen LogP contribution in [0.15, 0.2) is 18.3 Å². The average molecular weight is 537 g/mol. The van der Waals surface area contributed by atoms with E-state index < -0.39 is 75.2 Å². The maximum atomic E-state index is 15.5. The molecule has 2 N–H and O–H groups in total. The molecule has 0 saturated carbocycles. The second-order valence-electron chi connectivity index (χ2n) is 8.02. The Kier molecular flexibility index (Phi) is 8.45. The van der Waals surface area contributed by atoms with Gasteiger partial charge in [0.05, 0.1) is 12.6 Å². The molecular formula is C21H24F4N4O6S. The van der Waals surface area contributed by atoms with Crippen LogP contribution in [0.5, 0.6) is 0 Å². The Bertz CT molecular complexity index is 1210. The highest BCUT2D eigenvalue weighted by Crippen LogP contribution is 2.33. The monoisotopic (exact) mass is 536 g/mol. The Labute approximate surface area is 205 Å². The van der Waals surface area contributed by atoms with Crippen LogP contribution in [0.4, 0.5) is 33.7 Å². The fraction of sp³-hybridized carbons (Fsp3) is 0.429. The summed E-state index contributed by atoms with van der Waals surface area (Å²) in [5.74, 6) is -7.91. The number of aliphatic hydroxyl groups is 1. The fourth-order valence-electron chi connectivity index (χ4n) is 4.15. The summed E-state index contributed by atoms with van der Waals surface area (Å²) in [6.45, 7) is 1.25. The fourth-order valence-corrected chi connectivity index (χ4v) is 4.97. The first-order valence-corrected chi connectivity index (χ1v) is 11.9. The molecule has 0 bridgehead atoms. The van der Waals surface area contributed by atoms with Crippen molar-refractivity contribution >= 4 is 34.3 Å². The van der Waals surface area contributed by atoms with Crippen molar-refractivity contribution in [3.05, 3.63) is 47.3 Å². The Morgan fingerprint density at radius 1 is 1.17 bits per heavy atom. The SMILES string of the molecule is CCOC(=O)N1CC(CCO)C(N(c2cn(C)c(C(=O)Nc3cc(F)c(F)c(F)c3)c2F)[SH](=O)=O)C1. The zero-order valence-electron chi connectivity index (χ0n) is 19.2. The highest BCUT2D eigenvalue weighted by atomic mass is 32.2. The number of nitrogens with one attached hydrogen (secondary N) is 1. The molecule has 15 heteroatoms. The minimum Gasteiger partial charge on any atom is -0.450 e. The van der Waals surface area contributed by atoms with Gasteiger partial charge >= 0.3 is 6.09 Å². The van der Waals surface area contributed by atoms with Crippen molar-refractivity contribution in [1.82, 2.24) is 9.47 Å². The van der Waals surface area contributed by atoms with E-state index in [-0.39, 0.29) is 32.7 Å². The number of benzene rings is 1. The molecule has 1 saturated heterocycles. The molecule has 0 spiro atoms. The summed E-state index contributed by atoms with van der Waals surface area (Å²) in [6, 6.07) is 0.0257. The van der Waals surface area contributed by atoms with E-state index in [1.165, 1.54) is 11.9 Å². The average Bonchev–Trinajstić information content (AvgIpc) is 3.33. The number of amides is 2. The Morgan fingerprint density at radius 2 is 1.81 bits per heavy atom. The lowest BCUT2D eigenvalue weighted by molar-refractivity contribution is 0.101. The van der Waals surface area contributed by atoms with Gasteiger partial charge in [0.1, 0.15) is 11.4 Å². The summed E-state index contributed by atoms with van der Waals surface area (Å²) in [5, 5.41) is 11.5. The number of aliphatic hydroxyl groups excluding tert-OH is 1. The van der Waals surface area contributed by atoms with Crippen molar-refractivity contribution in [1.29, 1.82) is 0 Å². The highest BCUT2D eigenvalue weighted by molar-refractivity contribution is 7.74. The van der Waals surface area contributed by atoms with Crippen LogP contribution in [0.1, 0.15) is 23.8 Å². The van der Waals surface area contributed by atoms with Gasteiger partial charge in [-0.2, -0.15) is 0 Å². The van der Waals surface area contributed by atoms with Crippen LogP contribution < -0.4 is 9.62 Å². The molecule has 1 fully saturated rings. The second-order valence-corrected chi connectivity index (χ2v) is 8.93. The Balaban J connectivity index is 1.95. The summed E-state index contributed by atoms with van der Waals surface area (Å²) in [6.07, 6.45) is 0.435. The number of likely N-dealkylation sites (tertiary alicyclic amines) is 1. The summed E-state index contributed by atoms with van der Waals surface area (Å²) < 4.78 is 86.8. The smallest absolute Gasteiger partial charge is 0.409 e. The molecule has 2 heterocycles. The van der Waals surface area contributed by atoms with E-state index in [4.69, 9.17) is 4.74 Å². The lowest BCUT2D eigenvalue weighted by Crippen LogP contribution is -2.41. The van der Waals surface area contributed by atoms with E-state index >= 15 is 4.39 Å². The molecule has 2 aromatic rings. The first-order chi connectivity index (χ1) is 17.0. The van der Waals surface area contributed by atoms with Gasteiger partial charge in [-0.1, -0.05) is 0 Å². The van der Waals surface area contributed by atoms with E-state index in [0.29, 0.717) is 16.4 Å². The normalized spacial score (nSPS) is 17.5. The number of thiol groups is 1. The molecule has 1 aromatic carbocycles. The van der Waals surface area contributed by atoms with Gasteiger partial charge in [0.25, 0.3) is 5.91 Å². The molecule has 1 aliphatic rings. The van der Waals surface area contributed by atoms with Crippen LogP contribution in [0.2, 0.25) is 0 Å². The van der Waals surface area contributed by atoms with Gasteiger partial charge in [0.2, 0.25) is 10.9 Å². The number of anilines is 2. The lowest BCUT2D eigenvalue weighted by atomic mass is 10.00. The molecule has 198 valence electrons. The van der Waals surface area contributed by atoms with Crippen LogP contribution >= 0.6 is 0 Å². The third-order valence-electron chi connectivity index (χ3n) is 5.73. The lowest BCUT2D eigenvalue weighted by Gasteiger charge is -2.27.